The minimum atomic E-state index is -1.33. The Hall–Kier alpha value is -4.66. The monoisotopic (exact) mass is 585 g/mol. The highest BCUT2D eigenvalue weighted by Crippen LogP contribution is 2.41. The van der Waals surface area contributed by atoms with E-state index >= 15 is 4.39 Å². The second-order valence-electron chi connectivity index (χ2n) is 12.0. The lowest BCUT2D eigenvalue weighted by molar-refractivity contribution is 0.0575. The molecule has 220 valence electrons. The smallest absolute Gasteiger partial charge is 0.357 e. The highest BCUT2D eigenvalue weighted by Gasteiger charge is 2.47. The molecule has 43 heavy (non-hydrogen) atoms. The highest BCUT2D eigenvalue weighted by atomic mass is 19.1. The number of aromatic nitrogens is 2. The summed E-state index contributed by atoms with van der Waals surface area (Å²) in [6.07, 6.45) is 2.41. The van der Waals surface area contributed by atoms with Crippen LogP contribution in [0.5, 0.6) is 0 Å². The molecule has 2 saturated heterocycles. The van der Waals surface area contributed by atoms with E-state index in [9.17, 15) is 29.5 Å². The number of aromatic carboxylic acids is 1. The zero-order valence-corrected chi connectivity index (χ0v) is 23.5. The molecule has 11 heteroatoms. The van der Waals surface area contributed by atoms with Crippen LogP contribution in [0.1, 0.15) is 59.5 Å². The summed E-state index contributed by atoms with van der Waals surface area (Å²) in [7, 11) is 0. The minimum Gasteiger partial charge on any atom is -0.476 e. The molecule has 0 unspecified atom stereocenters. The predicted octanol–water partition coefficient (Wildman–Crippen LogP) is 4.69. The van der Waals surface area contributed by atoms with Gasteiger partial charge in [-0.15, -0.1) is 0 Å². The largest absolute Gasteiger partial charge is 0.476 e. The third-order valence-electron chi connectivity index (χ3n) is 8.36. The molecular formula is C32H29F2N5O4. The van der Waals surface area contributed by atoms with E-state index in [2.05, 4.69) is 5.10 Å². The molecule has 6 rings (SSSR count). The summed E-state index contributed by atoms with van der Waals surface area (Å²) in [5.41, 5.74) is 5.94. The van der Waals surface area contributed by atoms with Crippen molar-refractivity contribution in [2.24, 2.45) is 5.73 Å². The molecule has 0 radical (unpaired) electrons. The molecule has 2 aliphatic heterocycles. The summed E-state index contributed by atoms with van der Waals surface area (Å²) >= 11 is 0. The number of hydrogen-bond donors (Lipinski definition) is 3. The van der Waals surface area contributed by atoms with Crippen LogP contribution in [0, 0.1) is 23.0 Å². The molecule has 3 atom stereocenters. The van der Waals surface area contributed by atoms with Crippen molar-refractivity contribution in [3.63, 3.8) is 0 Å². The number of fused-ring (bicyclic) bond motifs is 3. The zero-order chi connectivity index (χ0) is 30.8. The Morgan fingerprint density at radius 2 is 1.84 bits per heavy atom. The number of carboxylic acid groups (broad SMARTS) is 1. The Kier molecular flexibility index (Phi) is 6.79. The molecule has 4 aromatic rings. The lowest BCUT2D eigenvalue weighted by Crippen LogP contribution is -2.40. The second kappa shape index (κ2) is 10.3. The van der Waals surface area contributed by atoms with Crippen LogP contribution in [0.15, 0.2) is 48.5 Å². The maximum absolute atomic E-state index is 15.9. The van der Waals surface area contributed by atoms with Crippen LogP contribution in [0.2, 0.25) is 0 Å². The van der Waals surface area contributed by atoms with Crippen LogP contribution in [-0.2, 0) is 6.54 Å². The van der Waals surface area contributed by atoms with Crippen LogP contribution in [0.25, 0.3) is 33.2 Å². The molecule has 4 N–H and O–H groups in total. The van der Waals surface area contributed by atoms with Crippen molar-refractivity contribution < 1.29 is 28.6 Å². The molecule has 0 saturated carbocycles. The fourth-order valence-corrected chi connectivity index (χ4v) is 6.47. The summed E-state index contributed by atoms with van der Waals surface area (Å²) in [4.78, 5) is 27.6. The highest BCUT2D eigenvalue weighted by molar-refractivity contribution is 6.04. The van der Waals surface area contributed by atoms with Crippen molar-refractivity contribution in [1.29, 1.82) is 5.26 Å². The number of amides is 1. The van der Waals surface area contributed by atoms with Gasteiger partial charge in [-0.05, 0) is 80.1 Å². The number of nitriles is 1. The lowest BCUT2D eigenvalue weighted by atomic mass is 9.91. The number of nitrogens with zero attached hydrogens (tertiary/aromatic N) is 4. The molecule has 1 amide bonds. The number of carbonyl (C=O) groups excluding carboxylic acids is 1. The zero-order valence-electron chi connectivity index (χ0n) is 23.5. The van der Waals surface area contributed by atoms with E-state index in [1.165, 1.54) is 36.7 Å². The Labute approximate surface area is 245 Å². The summed E-state index contributed by atoms with van der Waals surface area (Å²) in [5.74, 6) is -3.03. The van der Waals surface area contributed by atoms with Crippen molar-refractivity contribution >= 4 is 22.8 Å². The van der Waals surface area contributed by atoms with Crippen molar-refractivity contribution in [2.45, 2.75) is 63.4 Å². The summed E-state index contributed by atoms with van der Waals surface area (Å²) in [6, 6.07) is 12.9. The Bertz CT molecular complexity index is 1860. The average molecular weight is 586 g/mol. The molecule has 2 aliphatic rings. The van der Waals surface area contributed by atoms with Gasteiger partial charge in [0.1, 0.15) is 17.7 Å². The van der Waals surface area contributed by atoms with E-state index in [0.717, 1.165) is 31.4 Å². The third kappa shape index (κ3) is 4.92. The van der Waals surface area contributed by atoms with Crippen LogP contribution >= 0.6 is 0 Å². The van der Waals surface area contributed by atoms with E-state index < -0.39 is 23.2 Å². The Balaban J connectivity index is 1.53. The number of halogens is 2. The third-order valence-corrected chi connectivity index (χ3v) is 8.36. The predicted molar refractivity (Wildman–Crippen MR) is 154 cm³/mol. The van der Waals surface area contributed by atoms with Crippen LogP contribution in [-0.4, -0.2) is 60.5 Å². The number of nitrogens with two attached hydrogens (primary N) is 1. The number of carboxylic acids is 1. The molecule has 1 aromatic heterocycles. The fraction of sp³-hybridized carbons (Fsp3) is 0.312. The van der Waals surface area contributed by atoms with Crippen molar-refractivity contribution in [1.82, 2.24) is 14.7 Å². The molecular weight excluding hydrogens is 556 g/mol. The molecule has 2 fully saturated rings. The lowest BCUT2D eigenvalue weighted by Gasteiger charge is -2.24. The maximum Gasteiger partial charge on any atom is 0.357 e. The number of benzene rings is 3. The van der Waals surface area contributed by atoms with E-state index in [4.69, 9.17) is 5.73 Å². The molecule has 0 spiro atoms. The van der Waals surface area contributed by atoms with E-state index in [0.29, 0.717) is 16.7 Å². The van der Waals surface area contributed by atoms with E-state index in [1.54, 1.807) is 24.3 Å². The minimum absolute atomic E-state index is 0.0137. The summed E-state index contributed by atoms with van der Waals surface area (Å²) in [5, 5.41) is 33.7. The first-order valence-electron chi connectivity index (χ1n) is 13.9. The first-order valence-corrected chi connectivity index (χ1v) is 13.9. The van der Waals surface area contributed by atoms with E-state index in [1.807, 2.05) is 4.90 Å². The topological polar surface area (TPSA) is 145 Å². The molecule has 2 bridgehead atoms. The quantitative estimate of drug-likeness (QED) is 0.298. The molecule has 9 nitrogen and oxygen atoms in total. The van der Waals surface area contributed by atoms with Gasteiger partial charge in [0.05, 0.1) is 23.2 Å². The van der Waals surface area contributed by atoms with Gasteiger partial charge < -0.3 is 20.8 Å². The number of carbonyl (C=O) groups is 2. The van der Waals surface area contributed by atoms with E-state index in [-0.39, 0.29) is 63.9 Å². The molecule has 0 aliphatic carbocycles. The van der Waals surface area contributed by atoms with Gasteiger partial charge in [-0.1, -0.05) is 12.1 Å². The van der Waals surface area contributed by atoms with Gasteiger partial charge in [0.2, 0.25) is 0 Å². The van der Waals surface area contributed by atoms with Gasteiger partial charge >= 0.3 is 5.97 Å². The van der Waals surface area contributed by atoms with Gasteiger partial charge in [-0.3, -0.25) is 9.48 Å². The van der Waals surface area contributed by atoms with Crippen molar-refractivity contribution in [3.8, 4) is 28.3 Å². The normalized spacial score (nSPS) is 19.7. The van der Waals surface area contributed by atoms with Crippen LogP contribution < -0.4 is 5.73 Å². The van der Waals surface area contributed by atoms with Gasteiger partial charge in [0.25, 0.3) is 5.91 Å². The standard InChI is InChI=1S/C32H29F2N5O4/c1-32(2,43)15-38-28-13-25(34)22(12-23(28)29(37-38)31(41)42)20-7-5-17(30(40)39-19-6-8-27(39)26(36)11-19)9-21(20)16-3-4-18(14-35)24(33)10-16/h3-5,7,9-10,12-13,19,26-27,43H,6,8,11,15,36H2,1-2H3,(H,41,42)/t19-,26+,27+/m1/s1. The van der Waals surface area contributed by atoms with Gasteiger partial charge in [0, 0.05) is 40.7 Å². The van der Waals surface area contributed by atoms with Crippen LogP contribution in [0.3, 0.4) is 0 Å². The Morgan fingerprint density at radius 3 is 2.44 bits per heavy atom. The van der Waals surface area contributed by atoms with Crippen molar-refractivity contribution in [2.75, 3.05) is 0 Å². The SMILES string of the molecule is CC(C)(O)Cn1nc(C(=O)O)c2cc(-c3ccc(C(=O)N4[C@@H]5CC[C@H]4[C@@H](N)C5)cc3-c3ccc(C#N)c(F)c3)c(F)cc21. The summed E-state index contributed by atoms with van der Waals surface area (Å²) in [6.45, 7) is 2.97. The first kappa shape index (κ1) is 28.5. The average Bonchev–Trinajstić information content (AvgIpc) is 3.61. The second-order valence-corrected chi connectivity index (χ2v) is 12.0. The van der Waals surface area contributed by atoms with Gasteiger partial charge in [-0.25, -0.2) is 13.6 Å². The fourth-order valence-electron chi connectivity index (χ4n) is 6.47. The summed E-state index contributed by atoms with van der Waals surface area (Å²) < 4.78 is 32.0. The number of rotatable bonds is 6. The van der Waals surface area contributed by atoms with Gasteiger partial charge in [0.15, 0.2) is 5.69 Å². The molecule has 3 heterocycles. The maximum atomic E-state index is 15.9. The molecule has 3 aromatic carbocycles. The first-order chi connectivity index (χ1) is 20.4. The van der Waals surface area contributed by atoms with Crippen molar-refractivity contribution in [3.05, 3.63) is 77.0 Å². The number of hydrogen-bond acceptors (Lipinski definition) is 6. The Morgan fingerprint density at radius 1 is 1.07 bits per heavy atom. The number of aliphatic hydroxyl groups is 1. The van der Waals surface area contributed by atoms with Crippen LogP contribution in [0.4, 0.5) is 8.78 Å². The van der Waals surface area contributed by atoms with Gasteiger partial charge in [-0.2, -0.15) is 10.4 Å².